The number of amides is 3. The van der Waals surface area contributed by atoms with Crippen molar-refractivity contribution in [3.05, 3.63) is 17.5 Å². The molecule has 1 saturated heterocycles. The van der Waals surface area contributed by atoms with Crippen molar-refractivity contribution >= 4 is 28.3 Å². The molecule has 0 unspecified atom stereocenters. The van der Waals surface area contributed by atoms with Crippen LogP contribution in [0.5, 0.6) is 0 Å². The van der Waals surface area contributed by atoms with E-state index in [0.29, 0.717) is 19.0 Å². The monoisotopic (exact) mass is 349 g/mol. The molecule has 1 aromatic heterocycles. The fraction of sp³-hybridized carbons (Fsp3) is 0.667. The summed E-state index contributed by atoms with van der Waals surface area (Å²) in [6, 6.07) is 3.76. The molecule has 2 aliphatic rings. The van der Waals surface area contributed by atoms with Crippen molar-refractivity contribution in [1.29, 1.82) is 0 Å². The minimum atomic E-state index is -0.0569. The summed E-state index contributed by atoms with van der Waals surface area (Å²) in [6.07, 6.45) is 7.97. The molecule has 6 heteroatoms. The molecule has 1 aliphatic carbocycles. The normalized spacial score (nSPS) is 19.9. The maximum atomic E-state index is 12.3. The van der Waals surface area contributed by atoms with Crippen LogP contribution in [0.15, 0.2) is 17.5 Å². The maximum absolute atomic E-state index is 12.3. The van der Waals surface area contributed by atoms with Crippen molar-refractivity contribution in [1.82, 2.24) is 10.2 Å². The molecule has 1 saturated carbocycles. The number of anilines is 1. The molecule has 0 atom stereocenters. The van der Waals surface area contributed by atoms with Crippen LogP contribution in [0.25, 0.3) is 0 Å². The number of nitrogens with one attached hydrogen (secondary N) is 2. The van der Waals surface area contributed by atoms with Gasteiger partial charge in [-0.3, -0.25) is 10.1 Å². The average molecular weight is 350 g/mol. The van der Waals surface area contributed by atoms with E-state index in [1.807, 2.05) is 22.4 Å². The first-order valence-corrected chi connectivity index (χ1v) is 9.97. The summed E-state index contributed by atoms with van der Waals surface area (Å²) >= 11 is 1.52. The summed E-state index contributed by atoms with van der Waals surface area (Å²) in [7, 11) is 0. The second kappa shape index (κ2) is 8.51. The van der Waals surface area contributed by atoms with E-state index in [1.54, 1.807) is 0 Å². The van der Waals surface area contributed by atoms with E-state index in [0.717, 1.165) is 24.4 Å². The number of urea groups is 1. The van der Waals surface area contributed by atoms with Gasteiger partial charge in [-0.05, 0) is 49.1 Å². The maximum Gasteiger partial charge on any atom is 0.322 e. The number of nitrogens with zero attached hydrogens (tertiary/aromatic N) is 1. The van der Waals surface area contributed by atoms with Gasteiger partial charge in [-0.2, -0.15) is 0 Å². The van der Waals surface area contributed by atoms with Gasteiger partial charge in [0.2, 0.25) is 5.91 Å². The third-order valence-corrected chi connectivity index (χ3v) is 5.98. The minimum Gasteiger partial charge on any atom is -0.356 e. The van der Waals surface area contributed by atoms with Crippen LogP contribution < -0.4 is 10.6 Å². The predicted octanol–water partition coefficient (Wildman–Crippen LogP) is 3.69. The first-order chi connectivity index (χ1) is 11.7. The van der Waals surface area contributed by atoms with Crippen molar-refractivity contribution in [3.8, 4) is 0 Å². The Balaban J connectivity index is 1.37. The van der Waals surface area contributed by atoms with E-state index in [4.69, 9.17) is 0 Å². The lowest BCUT2D eigenvalue weighted by molar-refractivity contribution is -0.126. The van der Waals surface area contributed by atoms with Crippen LogP contribution in [0.4, 0.5) is 9.80 Å². The molecule has 1 aliphatic heterocycles. The Kier molecular flexibility index (Phi) is 6.12. The summed E-state index contributed by atoms with van der Waals surface area (Å²) in [4.78, 5) is 26.4. The number of thiophene rings is 1. The highest BCUT2D eigenvalue weighted by molar-refractivity contribution is 7.14. The van der Waals surface area contributed by atoms with Crippen molar-refractivity contribution in [2.24, 2.45) is 11.8 Å². The number of hydrogen-bond acceptors (Lipinski definition) is 3. The van der Waals surface area contributed by atoms with Gasteiger partial charge < -0.3 is 10.2 Å². The van der Waals surface area contributed by atoms with Gasteiger partial charge in [0.1, 0.15) is 0 Å². The van der Waals surface area contributed by atoms with Crippen LogP contribution in [0.1, 0.15) is 44.9 Å². The van der Waals surface area contributed by atoms with Crippen LogP contribution in [0.2, 0.25) is 0 Å². The van der Waals surface area contributed by atoms with Crippen LogP contribution >= 0.6 is 11.3 Å². The van der Waals surface area contributed by atoms with E-state index in [2.05, 4.69) is 10.6 Å². The fourth-order valence-electron chi connectivity index (χ4n) is 3.66. The molecule has 5 nitrogen and oxygen atoms in total. The Morgan fingerprint density at radius 1 is 1.12 bits per heavy atom. The number of likely N-dealkylation sites (tertiary alicyclic amines) is 1. The molecular weight excluding hydrogens is 322 g/mol. The zero-order chi connectivity index (χ0) is 16.8. The summed E-state index contributed by atoms with van der Waals surface area (Å²) < 4.78 is 0. The van der Waals surface area contributed by atoms with E-state index in [9.17, 15) is 9.59 Å². The van der Waals surface area contributed by atoms with Gasteiger partial charge >= 0.3 is 6.03 Å². The molecule has 132 valence electrons. The molecule has 3 amide bonds. The summed E-state index contributed by atoms with van der Waals surface area (Å²) in [5, 5.41) is 8.87. The SMILES string of the molecule is O=C(NCC1CCCCC1)C1CCN(C(=O)Nc2cccs2)CC1. The van der Waals surface area contributed by atoms with Crippen molar-refractivity contribution in [2.45, 2.75) is 44.9 Å². The largest absolute Gasteiger partial charge is 0.356 e. The topological polar surface area (TPSA) is 61.4 Å². The van der Waals surface area contributed by atoms with Gasteiger partial charge in [0.25, 0.3) is 0 Å². The molecule has 2 fully saturated rings. The highest BCUT2D eigenvalue weighted by Crippen LogP contribution is 2.24. The van der Waals surface area contributed by atoms with E-state index >= 15 is 0 Å². The second-order valence-electron chi connectivity index (χ2n) is 6.92. The zero-order valence-electron chi connectivity index (χ0n) is 14.1. The highest BCUT2D eigenvalue weighted by Gasteiger charge is 2.27. The smallest absolute Gasteiger partial charge is 0.322 e. The molecule has 24 heavy (non-hydrogen) atoms. The van der Waals surface area contributed by atoms with Crippen LogP contribution in [0.3, 0.4) is 0 Å². The number of carbonyl (C=O) groups excluding carboxylic acids is 2. The fourth-order valence-corrected chi connectivity index (χ4v) is 4.27. The first-order valence-electron chi connectivity index (χ1n) is 9.09. The van der Waals surface area contributed by atoms with Crippen LogP contribution in [0, 0.1) is 11.8 Å². The molecule has 0 radical (unpaired) electrons. The molecule has 0 bridgehead atoms. The Morgan fingerprint density at radius 3 is 2.54 bits per heavy atom. The van der Waals surface area contributed by atoms with Gasteiger partial charge in [-0.1, -0.05) is 19.3 Å². The van der Waals surface area contributed by atoms with Gasteiger partial charge in [-0.25, -0.2) is 4.79 Å². The summed E-state index contributed by atoms with van der Waals surface area (Å²) in [6.45, 7) is 2.13. The molecule has 0 aromatic carbocycles. The highest BCUT2D eigenvalue weighted by atomic mass is 32.1. The molecule has 1 aromatic rings. The van der Waals surface area contributed by atoms with Crippen LogP contribution in [-0.4, -0.2) is 36.5 Å². The van der Waals surface area contributed by atoms with E-state index in [1.165, 1.54) is 43.4 Å². The number of hydrogen-bond donors (Lipinski definition) is 2. The van der Waals surface area contributed by atoms with Crippen molar-refractivity contribution < 1.29 is 9.59 Å². The lowest BCUT2D eigenvalue weighted by Crippen LogP contribution is -2.45. The average Bonchev–Trinajstić information content (AvgIpc) is 3.13. The number of rotatable bonds is 4. The van der Waals surface area contributed by atoms with Gasteiger partial charge in [0.15, 0.2) is 0 Å². The van der Waals surface area contributed by atoms with Crippen molar-refractivity contribution in [3.63, 3.8) is 0 Å². The lowest BCUT2D eigenvalue weighted by atomic mass is 9.89. The van der Waals surface area contributed by atoms with Gasteiger partial charge in [0, 0.05) is 25.6 Å². The second-order valence-corrected chi connectivity index (χ2v) is 7.87. The predicted molar refractivity (Wildman–Crippen MR) is 97.2 cm³/mol. The third-order valence-electron chi connectivity index (χ3n) is 5.19. The van der Waals surface area contributed by atoms with E-state index in [-0.39, 0.29) is 17.9 Å². The first kappa shape index (κ1) is 17.3. The Bertz CT molecular complexity index is 532. The summed E-state index contributed by atoms with van der Waals surface area (Å²) in [5.74, 6) is 0.901. The lowest BCUT2D eigenvalue weighted by Gasteiger charge is -2.31. The van der Waals surface area contributed by atoms with Crippen molar-refractivity contribution in [2.75, 3.05) is 25.0 Å². The Morgan fingerprint density at radius 2 is 1.88 bits per heavy atom. The molecule has 2 heterocycles. The third kappa shape index (κ3) is 4.72. The minimum absolute atomic E-state index is 0.0550. The molecule has 0 spiro atoms. The van der Waals surface area contributed by atoms with E-state index < -0.39 is 0 Å². The molecule has 2 N–H and O–H groups in total. The quantitative estimate of drug-likeness (QED) is 0.871. The van der Waals surface area contributed by atoms with Gasteiger partial charge in [-0.15, -0.1) is 11.3 Å². The zero-order valence-corrected chi connectivity index (χ0v) is 14.9. The molecule has 3 rings (SSSR count). The Hall–Kier alpha value is -1.56. The van der Waals surface area contributed by atoms with Gasteiger partial charge in [0.05, 0.1) is 5.00 Å². The Labute approximate surface area is 147 Å². The molecular formula is C18H27N3O2S. The standard InChI is InChI=1S/C18H27N3O2S/c22-17(19-13-14-5-2-1-3-6-14)15-8-10-21(11-9-15)18(23)20-16-7-4-12-24-16/h4,7,12,14-15H,1-3,5-6,8-11,13H2,(H,19,22)(H,20,23). The summed E-state index contributed by atoms with van der Waals surface area (Å²) in [5.41, 5.74) is 0. The van der Waals surface area contributed by atoms with Crippen LogP contribution in [-0.2, 0) is 4.79 Å². The number of carbonyl (C=O) groups is 2. The number of piperidine rings is 1.